The molecule has 3 amide bonds. The molecule has 1 saturated heterocycles. The summed E-state index contributed by atoms with van der Waals surface area (Å²) in [6.07, 6.45) is 2.83. The van der Waals surface area contributed by atoms with Gasteiger partial charge in [0.25, 0.3) is 5.91 Å². The Morgan fingerprint density at radius 2 is 1.95 bits per heavy atom. The highest BCUT2D eigenvalue weighted by Crippen LogP contribution is 2.40. The van der Waals surface area contributed by atoms with Gasteiger partial charge in [-0.25, -0.2) is 14.2 Å². The van der Waals surface area contributed by atoms with Crippen LogP contribution in [0.3, 0.4) is 0 Å². The third-order valence-electron chi connectivity index (χ3n) is 6.60. The van der Waals surface area contributed by atoms with E-state index in [1.54, 1.807) is 54.4 Å². The molecule has 200 valence electrons. The van der Waals surface area contributed by atoms with Gasteiger partial charge in [-0.1, -0.05) is 29.5 Å². The molecule has 0 aliphatic carbocycles. The van der Waals surface area contributed by atoms with Crippen LogP contribution in [0.15, 0.2) is 54.7 Å². The number of amides is 3. The molecule has 2 aromatic carbocycles. The molecule has 1 fully saturated rings. The first kappa shape index (κ1) is 26.2. The molecule has 0 bridgehead atoms. The van der Waals surface area contributed by atoms with Gasteiger partial charge >= 0.3 is 12.0 Å². The van der Waals surface area contributed by atoms with Gasteiger partial charge in [-0.05, 0) is 55.7 Å². The van der Waals surface area contributed by atoms with Crippen molar-refractivity contribution < 1.29 is 23.9 Å². The number of fused-ring (bicyclic) bond motifs is 1. The molecule has 39 heavy (non-hydrogen) atoms. The maximum Gasteiger partial charge on any atom is 0.321 e. The molecule has 0 radical (unpaired) electrons. The lowest BCUT2D eigenvalue weighted by molar-refractivity contribution is -0.143. The fourth-order valence-corrected chi connectivity index (χ4v) is 5.65. The topological polar surface area (TPSA) is 125 Å². The second-order valence-electron chi connectivity index (χ2n) is 9.19. The van der Waals surface area contributed by atoms with Crippen molar-refractivity contribution in [3.63, 3.8) is 0 Å². The summed E-state index contributed by atoms with van der Waals surface area (Å²) in [6, 6.07) is 13.3. The Bertz CT molecular complexity index is 1540. The van der Waals surface area contributed by atoms with E-state index >= 15 is 4.39 Å². The number of carboxylic acid groups (broad SMARTS) is 1. The van der Waals surface area contributed by atoms with Crippen LogP contribution in [0.1, 0.15) is 30.1 Å². The maximum absolute atomic E-state index is 15.9. The van der Waals surface area contributed by atoms with Crippen LogP contribution in [0.25, 0.3) is 32.6 Å². The zero-order valence-corrected chi connectivity index (χ0v) is 21.9. The van der Waals surface area contributed by atoms with E-state index in [1.165, 1.54) is 0 Å². The third kappa shape index (κ3) is 5.44. The van der Waals surface area contributed by atoms with E-state index in [0.717, 1.165) is 11.3 Å². The Balaban J connectivity index is 1.51. The van der Waals surface area contributed by atoms with Gasteiger partial charge in [0.2, 0.25) is 0 Å². The number of piperidine rings is 1. The van der Waals surface area contributed by atoms with Crippen LogP contribution in [0.2, 0.25) is 0 Å². The summed E-state index contributed by atoms with van der Waals surface area (Å²) in [6.45, 7) is 2.90. The Morgan fingerprint density at radius 3 is 2.64 bits per heavy atom. The fraction of sp³-hybridized carbons (Fsp3) is 0.250. The number of aromatic nitrogens is 2. The molecular weight excluding hydrogens is 521 g/mol. The number of anilines is 1. The van der Waals surface area contributed by atoms with Crippen molar-refractivity contribution in [1.29, 1.82) is 0 Å². The molecule has 9 nitrogen and oxygen atoms in total. The van der Waals surface area contributed by atoms with Crippen molar-refractivity contribution in [3.05, 3.63) is 66.1 Å². The van der Waals surface area contributed by atoms with E-state index in [4.69, 9.17) is 0 Å². The fourth-order valence-electron chi connectivity index (χ4n) is 4.67. The lowest BCUT2D eigenvalue weighted by Gasteiger charge is -2.30. The first-order valence-electron chi connectivity index (χ1n) is 12.6. The molecule has 1 aliphatic rings. The summed E-state index contributed by atoms with van der Waals surface area (Å²) in [7, 11) is 0. The number of carbonyl (C=O) groups is 3. The van der Waals surface area contributed by atoms with Crippen LogP contribution in [0.4, 0.5) is 14.3 Å². The first-order valence-corrected chi connectivity index (χ1v) is 13.4. The van der Waals surface area contributed by atoms with Crippen LogP contribution in [-0.4, -0.2) is 57.5 Å². The molecule has 3 heterocycles. The van der Waals surface area contributed by atoms with Gasteiger partial charge in [-0.3, -0.25) is 19.9 Å². The van der Waals surface area contributed by atoms with Crippen LogP contribution in [0, 0.1) is 11.7 Å². The molecular formula is C28H26FN5O4S. The van der Waals surface area contributed by atoms with E-state index in [1.807, 2.05) is 12.1 Å². The summed E-state index contributed by atoms with van der Waals surface area (Å²) < 4.78 is 16.4. The predicted molar refractivity (Wildman–Crippen MR) is 147 cm³/mol. The van der Waals surface area contributed by atoms with Crippen LogP contribution in [0.5, 0.6) is 0 Å². The Hall–Kier alpha value is -4.38. The summed E-state index contributed by atoms with van der Waals surface area (Å²) in [5, 5.41) is 14.9. The first-order chi connectivity index (χ1) is 18.9. The molecule has 3 N–H and O–H groups in total. The monoisotopic (exact) mass is 547 g/mol. The van der Waals surface area contributed by atoms with Gasteiger partial charge in [0.05, 0.1) is 16.3 Å². The van der Waals surface area contributed by atoms with Crippen LogP contribution in [-0.2, 0) is 4.79 Å². The smallest absolute Gasteiger partial charge is 0.321 e. The average Bonchev–Trinajstić information content (AvgIpc) is 3.37. The van der Waals surface area contributed by atoms with Gasteiger partial charge in [0.15, 0.2) is 10.9 Å². The zero-order valence-electron chi connectivity index (χ0n) is 21.1. The van der Waals surface area contributed by atoms with Gasteiger partial charge in [0, 0.05) is 42.5 Å². The van der Waals surface area contributed by atoms with Crippen molar-refractivity contribution >= 4 is 44.6 Å². The van der Waals surface area contributed by atoms with Gasteiger partial charge < -0.3 is 15.3 Å². The number of rotatable bonds is 6. The van der Waals surface area contributed by atoms with E-state index < -0.39 is 23.7 Å². The van der Waals surface area contributed by atoms with E-state index in [9.17, 15) is 19.5 Å². The second-order valence-corrected chi connectivity index (χ2v) is 10.2. The van der Waals surface area contributed by atoms with E-state index in [2.05, 4.69) is 20.6 Å². The van der Waals surface area contributed by atoms with Crippen LogP contribution < -0.4 is 10.6 Å². The number of benzene rings is 2. The number of thiazole rings is 1. The Kier molecular flexibility index (Phi) is 7.51. The lowest BCUT2D eigenvalue weighted by atomic mass is 9.96. The SMILES string of the molecule is CCNC(=O)Nc1nc2c(F)c(-c3ccc(C(=O)N4CCCC(C(=O)O)C4)cc3)cc(-c3ccccn3)c2s1. The third-order valence-corrected chi connectivity index (χ3v) is 7.61. The molecule has 5 rings (SSSR count). The molecule has 0 spiro atoms. The summed E-state index contributed by atoms with van der Waals surface area (Å²) in [4.78, 5) is 46.8. The van der Waals surface area contributed by atoms with Gasteiger partial charge in [0.1, 0.15) is 5.52 Å². The molecule has 1 aliphatic heterocycles. The number of halogens is 1. The minimum absolute atomic E-state index is 0.109. The molecule has 11 heteroatoms. The number of urea groups is 1. The summed E-state index contributed by atoms with van der Waals surface area (Å²) >= 11 is 1.16. The number of nitrogens with zero attached hydrogens (tertiary/aromatic N) is 3. The Morgan fingerprint density at radius 1 is 1.15 bits per heavy atom. The average molecular weight is 548 g/mol. The second kappa shape index (κ2) is 11.2. The number of carbonyl (C=O) groups excluding carboxylic acids is 2. The number of carboxylic acids is 1. The van der Waals surface area contributed by atoms with Crippen molar-refractivity contribution in [2.24, 2.45) is 5.92 Å². The highest BCUT2D eigenvalue weighted by Gasteiger charge is 2.29. The predicted octanol–water partition coefficient (Wildman–Crippen LogP) is 5.24. The largest absolute Gasteiger partial charge is 0.481 e. The standard InChI is InChI=1S/C28H26FN5O4S/c1-2-30-27(38)33-28-32-23-22(29)19(14-20(24(23)39-28)21-7-3-4-12-31-21)16-8-10-17(11-9-16)25(35)34-13-5-6-18(15-34)26(36)37/h3-4,7-12,14,18H,2,5-6,13,15H2,1H3,(H,36,37)(H2,30,32,33,38). The van der Waals surface area contributed by atoms with Crippen molar-refractivity contribution in [2.75, 3.05) is 25.0 Å². The normalized spacial score (nSPS) is 15.2. The van der Waals surface area contributed by atoms with Crippen molar-refractivity contribution in [1.82, 2.24) is 20.2 Å². The zero-order chi connectivity index (χ0) is 27.5. The number of hydrogen-bond acceptors (Lipinski definition) is 6. The minimum Gasteiger partial charge on any atom is -0.481 e. The molecule has 4 aromatic rings. The summed E-state index contributed by atoms with van der Waals surface area (Å²) in [5.41, 5.74) is 2.62. The van der Waals surface area contributed by atoms with Crippen molar-refractivity contribution in [3.8, 4) is 22.4 Å². The van der Waals surface area contributed by atoms with Crippen LogP contribution >= 0.6 is 11.3 Å². The van der Waals surface area contributed by atoms with Gasteiger partial charge in [-0.2, -0.15) is 0 Å². The van der Waals surface area contributed by atoms with E-state index in [-0.39, 0.29) is 28.7 Å². The molecule has 2 aromatic heterocycles. The number of nitrogens with one attached hydrogen (secondary N) is 2. The highest BCUT2D eigenvalue weighted by molar-refractivity contribution is 7.22. The molecule has 0 saturated carbocycles. The van der Waals surface area contributed by atoms with Crippen molar-refractivity contribution in [2.45, 2.75) is 19.8 Å². The van der Waals surface area contributed by atoms with E-state index in [0.29, 0.717) is 53.0 Å². The number of aliphatic carboxylic acids is 1. The Labute approximate surface area is 227 Å². The molecule has 1 unspecified atom stereocenters. The maximum atomic E-state index is 15.9. The number of hydrogen-bond donors (Lipinski definition) is 3. The highest BCUT2D eigenvalue weighted by atomic mass is 32.1. The summed E-state index contributed by atoms with van der Waals surface area (Å²) in [5.74, 6) is -2.27. The minimum atomic E-state index is -0.899. The number of pyridine rings is 1. The molecule has 1 atom stereocenters. The number of likely N-dealkylation sites (tertiary alicyclic amines) is 1. The van der Waals surface area contributed by atoms with Gasteiger partial charge in [-0.15, -0.1) is 0 Å². The quantitative estimate of drug-likeness (QED) is 0.303. The lowest BCUT2D eigenvalue weighted by Crippen LogP contribution is -2.42.